The molecule has 26 heavy (non-hydrogen) atoms. The average Bonchev–Trinajstić information content (AvgIpc) is 2.53. The Morgan fingerprint density at radius 1 is 0.769 bits per heavy atom. The van der Waals surface area contributed by atoms with E-state index in [2.05, 4.69) is 116 Å². The minimum Gasteiger partial charge on any atom is -0.0842 e. The Morgan fingerprint density at radius 2 is 1.23 bits per heavy atom. The Morgan fingerprint density at radius 3 is 1.65 bits per heavy atom. The molecule has 2 heteroatoms. The van der Waals surface area contributed by atoms with Crippen molar-refractivity contribution in [3.05, 3.63) is 54.1 Å². The summed E-state index contributed by atoms with van der Waals surface area (Å²) in [6.07, 6.45) is 8.44. The molecule has 0 saturated heterocycles. The molecule has 1 aliphatic rings. The van der Waals surface area contributed by atoms with E-state index in [0.717, 1.165) is 0 Å². The topological polar surface area (TPSA) is 0 Å². The lowest BCUT2D eigenvalue weighted by Gasteiger charge is -2.64. The van der Waals surface area contributed by atoms with E-state index < -0.39 is 16.1 Å². The van der Waals surface area contributed by atoms with Crippen molar-refractivity contribution in [2.24, 2.45) is 0 Å². The van der Waals surface area contributed by atoms with Gasteiger partial charge in [-0.1, -0.05) is 116 Å². The summed E-state index contributed by atoms with van der Waals surface area (Å²) in [5.74, 6) is 0. The minimum atomic E-state index is -1.70. The third-order valence-corrected chi connectivity index (χ3v) is 24.7. The molecule has 0 unspecified atom stereocenters. The van der Waals surface area contributed by atoms with Gasteiger partial charge in [0.05, 0.1) is 16.1 Å². The second-order valence-electron chi connectivity index (χ2n) is 11.2. The zero-order valence-corrected chi connectivity index (χ0v) is 20.8. The predicted octanol–water partition coefficient (Wildman–Crippen LogP) is 8.33. The van der Waals surface area contributed by atoms with Gasteiger partial charge in [0.1, 0.15) is 0 Å². The molecule has 0 heterocycles. The molecule has 0 atom stereocenters. The summed E-state index contributed by atoms with van der Waals surface area (Å²) < 4.78 is 0.312. The van der Waals surface area contributed by atoms with Gasteiger partial charge in [-0.25, -0.2) is 0 Å². The molecule has 0 saturated carbocycles. The largest absolute Gasteiger partial charge is 0.0842 e. The maximum absolute atomic E-state index is 2.67. The molecule has 0 nitrogen and oxygen atoms in total. The van der Waals surface area contributed by atoms with Crippen LogP contribution in [-0.2, 0) is 0 Å². The van der Waals surface area contributed by atoms with Gasteiger partial charge in [0, 0.05) is 0 Å². The van der Waals surface area contributed by atoms with Crippen molar-refractivity contribution in [3.63, 3.8) is 0 Å². The van der Waals surface area contributed by atoms with Gasteiger partial charge in [-0.2, -0.15) is 0 Å². The van der Waals surface area contributed by atoms with Gasteiger partial charge in [-0.05, 0) is 32.3 Å². The van der Waals surface area contributed by atoms with Crippen LogP contribution in [0.1, 0.15) is 53.5 Å². The molecule has 0 fully saturated rings. The zero-order valence-electron chi connectivity index (χ0n) is 18.8. The maximum atomic E-state index is 2.67. The number of rotatable bonds is 3. The number of allylic oxidation sites excluding steroid dienone is 4. The van der Waals surface area contributed by atoms with Crippen LogP contribution in [0.5, 0.6) is 0 Å². The van der Waals surface area contributed by atoms with Crippen LogP contribution in [0, 0.1) is 0 Å². The third kappa shape index (κ3) is 3.03. The first-order valence-corrected chi connectivity index (χ1v) is 16.1. The van der Waals surface area contributed by atoms with E-state index in [-0.39, 0.29) is 0 Å². The molecule has 2 rings (SSSR count). The van der Waals surface area contributed by atoms with Gasteiger partial charge in [-0.3, -0.25) is 0 Å². The van der Waals surface area contributed by atoms with E-state index >= 15 is 0 Å². The summed E-state index contributed by atoms with van der Waals surface area (Å²) in [5, 5.41) is 0.698. The molecule has 0 aliphatic heterocycles. The fourth-order valence-corrected chi connectivity index (χ4v) is 19.0. The standard InChI is InChI=1S/C24H40Si2/c1-22(2,3)25(7,8)24(26(9,10)23(4,5)6)19-15-14-18-21(24)20-16-12-11-13-17-20/h11-18H,19H2,1-10H3. The smallest absolute Gasteiger partial charge is 0.0615 e. The number of benzene rings is 1. The summed E-state index contributed by atoms with van der Waals surface area (Å²) >= 11 is 0. The van der Waals surface area contributed by atoms with Crippen molar-refractivity contribution in [3.8, 4) is 0 Å². The summed E-state index contributed by atoms with van der Waals surface area (Å²) in [6, 6.07) is 11.2. The fraction of sp³-hybridized carbons (Fsp3) is 0.583. The molecular weight excluding hydrogens is 344 g/mol. The van der Waals surface area contributed by atoms with Crippen LogP contribution in [0.15, 0.2) is 48.6 Å². The molecule has 1 aliphatic carbocycles. The van der Waals surface area contributed by atoms with Crippen molar-refractivity contribution in [2.75, 3.05) is 0 Å². The number of hydrogen-bond donors (Lipinski definition) is 0. The Bertz CT molecular complexity index is 666. The van der Waals surface area contributed by atoms with Gasteiger partial charge in [0.15, 0.2) is 0 Å². The lowest BCUT2D eigenvalue weighted by atomic mass is 9.96. The van der Waals surface area contributed by atoms with E-state index in [1.807, 2.05) is 0 Å². The van der Waals surface area contributed by atoms with E-state index in [0.29, 0.717) is 14.7 Å². The van der Waals surface area contributed by atoms with Gasteiger partial charge in [0.25, 0.3) is 0 Å². The Kier molecular flexibility index (Phi) is 5.47. The van der Waals surface area contributed by atoms with Gasteiger partial charge in [-0.15, -0.1) is 0 Å². The first-order valence-electron chi connectivity index (χ1n) is 10.1. The SMILES string of the molecule is CC(C)(C)[Si](C)(C)C1([Si](C)(C)C(C)(C)C)CC=CC=C1c1ccccc1. The highest BCUT2D eigenvalue weighted by Gasteiger charge is 2.64. The highest BCUT2D eigenvalue weighted by molar-refractivity contribution is 7.04. The van der Waals surface area contributed by atoms with E-state index in [1.54, 1.807) is 5.57 Å². The molecule has 1 aromatic rings. The quantitative estimate of drug-likeness (QED) is 0.459. The van der Waals surface area contributed by atoms with Crippen molar-refractivity contribution < 1.29 is 0 Å². The molecular formula is C24H40Si2. The minimum absolute atomic E-state index is 0.312. The van der Waals surface area contributed by atoms with Crippen molar-refractivity contribution in [1.29, 1.82) is 0 Å². The first kappa shape index (κ1) is 21.4. The van der Waals surface area contributed by atoms with Crippen molar-refractivity contribution in [2.45, 2.75) is 88.9 Å². The molecule has 1 aromatic carbocycles. The van der Waals surface area contributed by atoms with Crippen LogP contribution in [-0.4, -0.2) is 16.1 Å². The second kappa shape index (κ2) is 6.63. The molecule has 0 N–H and O–H groups in total. The molecule has 144 valence electrons. The van der Waals surface area contributed by atoms with E-state index in [9.17, 15) is 0 Å². The van der Waals surface area contributed by atoms with Crippen molar-refractivity contribution in [1.82, 2.24) is 0 Å². The van der Waals surface area contributed by atoms with Gasteiger partial charge < -0.3 is 0 Å². The molecule has 0 amide bonds. The lowest BCUT2D eigenvalue weighted by Crippen LogP contribution is -2.64. The Hall–Kier alpha value is -0.866. The summed E-state index contributed by atoms with van der Waals surface area (Å²) in [4.78, 5) is 0. The highest BCUT2D eigenvalue weighted by Crippen LogP contribution is 2.69. The fourth-order valence-electron chi connectivity index (χ4n) is 4.87. The predicted molar refractivity (Wildman–Crippen MR) is 125 cm³/mol. The second-order valence-corrected chi connectivity index (χ2v) is 22.9. The molecule has 0 bridgehead atoms. The highest BCUT2D eigenvalue weighted by atomic mass is 28.4. The van der Waals surface area contributed by atoms with Crippen LogP contribution in [0.25, 0.3) is 5.57 Å². The first-order chi connectivity index (χ1) is 11.7. The third-order valence-electron chi connectivity index (χ3n) is 8.25. The average molecular weight is 385 g/mol. The van der Waals surface area contributed by atoms with Crippen LogP contribution in [0.3, 0.4) is 0 Å². The number of hydrogen-bond acceptors (Lipinski definition) is 0. The van der Waals surface area contributed by atoms with Crippen LogP contribution in [0.4, 0.5) is 0 Å². The summed E-state index contributed by atoms with van der Waals surface area (Å²) in [7, 11) is -3.41. The normalized spacial score (nSPS) is 18.6. The molecule has 0 radical (unpaired) electrons. The van der Waals surface area contributed by atoms with Crippen LogP contribution < -0.4 is 0 Å². The monoisotopic (exact) mass is 384 g/mol. The molecule has 0 spiro atoms. The Balaban J connectivity index is 2.90. The van der Waals surface area contributed by atoms with Crippen LogP contribution >= 0.6 is 0 Å². The van der Waals surface area contributed by atoms with E-state index in [1.165, 1.54) is 12.0 Å². The van der Waals surface area contributed by atoms with Crippen molar-refractivity contribution >= 4 is 21.7 Å². The van der Waals surface area contributed by atoms with Crippen LogP contribution in [0.2, 0.25) is 40.9 Å². The van der Waals surface area contributed by atoms with E-state index in [4.69, 9.17) is 0 Å². The zero-order chi connectivity index (χ0) is 20.0. The van der Waals surface area contributed by atoms with Gasteiger partial charge >= 0.3 is 0 Å². The van der Waals surface area contributed by atoms with Gasteiger partial charge in [0.2, 0.25) is 0 Å². The maximum Gasteiger partial charge on any atom is 0.0615 e. The lowest BCUT2D eigenvalue weighted by molar-refractivity contribution is 0.638. The summed E-state index contributed by atoms with van der Waals surface area (Å²) in [5.41, 5.74) is 3.06. The summed E-state index contributed by atoms with van der Waals surface area (Å²) in [6.45, 7) is 25.7. The Labute approximate surface area is 164 Å². The molecule has 0 aromatic heterocycles.